The van der Waals surface area contributed by atoms with Crippen LogP contribution < -0.4 is 9.47 Å². The molecule has 1 N–H and O–H groups in total. The third-order valence-electron chi connectivity index (χ3n) is 5.11. The van der Waals surface area contributed by atoms with Gasteiger partial charge in [0.25, 0.3) is 5.91 Å². The molecule has 0 saturated heterocycles. The molecule has 6 nitrogen and oxygen atoms in total. The number of methoxy groups -OCH3 is 1. The van der Waals surface area contributed by atoms with Gasteiger partial charge in [-0.05, 0) is 42.3 Å². The lowest BCUT2D eigenvalue weighted by atomic mass is 10.1. The van der Waals surface area contributed by atoms with E-state index >= 15 is 0 Å². The van der Waals surface area contributed by atoms with Gasteiger partial charge in [0.1, 0.15) is 17.1 Å². The molecule has 0 radical (unpaired) electrons. The van der Waals surface area contributed by atoms with Crippen LogP contribution in [0.3, 0.4) is 0 Å². The van der Waals surface area contributed by atoms with Crippen molar-refractivity contribution in [2.24, 2.45) is 0 Å². The van der Waals surface area contributed by atoms with Gasteiger partial charge in [-0.15, -0.1) is 0 Å². The molecule has 3 aromatic carbocycles. The number of halogens is 1. The van der Waals surface area contributed by atoms with Crippen LogP contribution in [0.1, 0.15) is 34.5 Å². The zero-order valence-corrected chi connectivity index (χ0v) is 18.6. The van der Waals surface area contributed by atoms with Crippen LogP contribution in [0.4, 0.5) is 0 Å². The summed E-state index contributed by atoms with van der Waals surface area (Å²) in [5, 5.41) is 10.0. The molecule has 0 aliphatic carbocycles. The second kappa shape index (κ2) is 10.7. The lowest BCUT2D eigenvalue weighted by Gasteiger charge is -2.30. The molecule has 0 bridgehead atoms. The first-order chi connectivity index (χ1) is 15.4. The van der Waals surface area contributed by atoms with Crippen molar-refractivity contribution in [2.45, 2.75) is 19.5 Å². The normalized spacial score (nSPS) is 11.5. The fourth-order valence-electron chi connectivity index (χ4n) is 3.29. The van der Waals surface area contributed by atoms with Gasteiger partial charge in [-0.2, -0.15) is 0 Å². The van der Waals surface area contributed by atoms with Gasteiger partial charge >= 0.3 is 5.97 Å². The van der Waals surface area contributed by atoms with E-state index in [0.29, 0.717) is 17.3 Å². The van der Waals surface area contributed by atoms with E-state index in [9.17, 15) is 14.7 Å². The van der Waals surface area contributed by atoms with E-state index in [0.717, 1.165) is 11.1 Å². The number of rotatable bonds is 9. The van der Waals surface area contributed by atoms with Crippen molar-refractivity contribution in [3.8, 4) is 11.5 Å². The number of nitrogens with zero attached hydrogens (tertiary/aromatic N) is 1. The zero-order valence-electron chi connectivity index (χ0n) is 17.8. The molecule has 7 heteroatoms. The Hall–Kier alpha value is -3.51. The van der Waals surface area contributed by atoms with E-state index in [2.05, 4.69) is 0 Å². The fourth-order valence-corrected chi connectivity index (χ4v) is 3.41. The third kappa shape index (κ3) is 5.80. The SMILES string of the molecule is COc1ccc(C(=O)O)c(OCC(=O)N(Cc2ccc(Cl)cc2)[C@@H](C)c2ccccc2)c1. The van der Waals surface area contributed by atoms with Gasteiger partial charge < -0.3 is 19.5 Å². The Bertz CT molecular complexity index is 1070. The van der Waals surface area contributed by atoms with Gasteiger partial charge in [0.15, 0.2) is 6.61 Å². The summed E-state index contributed by atoms with van der Waals surface area (Å²) in [5.41, 5.74) is 1.85. The van der Waals surface area contributed by atoms with Gasteiger partial charge in [0, 0.05) is 17.6 Å². The second-order valence-electron chi connectivity index (χ2n) is 7.19. The molecule has 0 heterocycles. The molecule has 0 fully saturated rings. The van der Waals surface area contributed by atoms with Crippen molar-refractivity contribution >= 4 is 23.5 Å². The lowest BCUT2D eigenvalue weighted by molar-refractivity contribution is -0.136. The molecule has 3 aromatic rings. The number of ether oxygens (including phenoxy) is 2. The van der Waals surface area contributed by atoms with Crippen LogP contribution in [0.25, 0.3) is 0 Å². The number of hydrogen-bond donors (Lipinski definition) is 1. The van der Waals surface area contributed by atoms with Crippen molar-refractivity contribution in [2.75, 3.05) is 13.7 Å². The molecule has 0 aromatic heterocycles. The number of benzene rings is 3. The lowest BCUT2D eigenvalue weighted by Crippen LogP contribution is -2.36. The van der Waals surface area contributed by atoms with Crippen LogP contribution in [0.15, 0.2) is 72.8 Å². The minimum Gasteiger partial charge on any atom is -0.497 e. The van der Waals surface area contributed by atoms with E-state index in [1.807, 2.05) is 49.4 Å². The van der Waals surface area contributed by atoms with E-state index in [1.54, 1.807) is 17.0 Å². The molecule has 1 atom stereocenters. The predicted octanol–water partition coefficient (Wildman–Crippen LogP) is 5.22. The highest BCUT2D eigenvalue weighted by Crippen LogP contribution is 2.27. The second-order valence-corrected chi connectivity index (χ2v) is 7.63. The predicted molar refractivity (Wildman–Crippen MR) is 122 cm³/mol. The summed E-state index contributed by atoms with van der Waals surface area (Å²) in [7, 11) is 1.47. The molecule has 0 spiro atoms. The molecule has 0 aliphatic rings. The Kier molecular flexibility index (Phi) is 7.73. The molecule has 1 amide bonds. The van der Waals surface area contributed by atoms with Crippen LogP contribution in [-0.4, -0.2) is 35.6 Å². The summed E-state index contributed by atoms with van der Waals surface area (Å²) >= 11 is 5.99. The minimum absolute atomic E-state index is 0.0426. The van der Waals surface area contributed by atoms with E-state index in [4.69, 9.17) is 21.1 Å². The number of carboxylic acids is 1. The first-order valence-electron chi connectivity index (χ1n) is 10.0. The summed E-state index contributed by atoms with van der Waals surface area (Å²) < 4.78 is 10.8. The molecule has 32 heavy (non-hydrogen) atoms. The first-order valence-corrected chi connectivity index (χ1v) is 10.4. The highest BCUT2D eigenvalue weighted by Gasteiger charge is 2.23. The maximum absolute atomic E-state index is 13.2. The average Bonchev–Trinajstić information content (AvgIpc) is 2.82. The number of carbonyl (C=O) groups excluding carboxylic acids is 1. The molecular formula is C25H24ClNO5. The maximum Gasteiger partial charge on any atom is 0.339 e. The Morgan fingerprint density at radius 3 is 2.34 bits per heavy atom. The van der Waals surface area contributed by atoms with Crippen molar-refractivity contribution in [1.29, 1.82) is 0 Å². The molecule has 166 valence electrons. The monoisotopic (exact) mass is 453 g/mol. The fraction of sp³-hybridized carbons (Fsp3) is 0.200. The van der Waals surface area contributed by atoms with Crippen molar-refractivity contribution in [3.05, 3.63) is 94.5 Å². The summed E-state index contributed by atoms with van der Waals surface area (Å²) in [6.07, 6.45) is 0. The number of aromatic carboxylic acids is 1. The van der Waals surface area contributed by atoms with E-state index in [-0.39, 0.29) is 29.9 Å². The van der Waals surface area contributed by atoms with Crippen molar-refractivity contribution in [3.63, 3.8) is 0 Å². The zero-order chi connectivity index (χ0) is 23.1. The molecule has 3 rings (SSSR count). The summed E-state index contributed by atoms with van der Waals surface area (Å²) in [6.45, 7) is 1.97. The van der Waals surface area contributed by atoms with Crippen LogP contribution in [0.5, 0.6) is 11.5 Å². The topological polar surface area (TPSA) is 76.1 Å². The van der Waals surface area contributed by atoms with Crippen LogP contribution in [0, 0.1) is 0 Å². The Morgan fingerprint density at radius 2 is 1.72 bits per heavy atom. The van der Waals surface area contributed by atoms with Crippen molar-refractivity contribution < 1.29 is 24.2 Å². The molecule has 0 aliphatic heterocycles. The van der Waals surface area contributed by atoms with Crippen LogP contribution in [0.2, 0.25) is 5.02 Å². The van der Waals surface area contributed by atoms with E-state index in [1.165, 1.54) is 25.3 Å². The van der Waals surface area contributed by atoms with Crippen LogP contribution in [-0.2, 0) is 11.3 Å². The Labute approximate surface area is 192 Å². The molecule has 0 unspecified atom stereocenters. The third-order valence-corrected chi connectivity index (χ3v) is 5.36. The number of carboxylic acid groups (broad SMARTS) is 1. The van der Waals surface area contributed by atoms with Crippen molar-refractivity contribution in [1.82, 2.24) is 4.90 Å². The first kappa shape index (κ1) is 23.2. The highest BCUT2D eigenvalue weighted by molar-refractivity contribution is 6.30. The number of amides is 1. The number of hydrogen-bond acceptors (Lipinski definition) is 4. The van der Waals surface area contributed by atoms with Gasteiger partial charge in [0.05, 0.1) is 13.2 Å². The van der Waals surface area contributed by atoms with Gasteiger partial charge in [-0.1, -0.05) is 54.1 Å². The smallest absolute Gasteiger partial charge is 0.339 e. The standard InChI is InChI=1S/C25H24ClNO5/c1-17(19-6-4-3-5-7-19)27(15-18-8-10-20(26)11-9-18)24(28)16-32-23-14-21(31-2)12-13-22(23)25(29)30/h3-14,17H,15-16H2,1-2H3,(H,29,30)/t17-/m0/s1. The molecule has 0 saturated carbocycles. The van der Waals surface area contributed by atoms with E-state index < -0.39 is 5.97 Å². The largest absolute Gasteiger partial charge is 0.497 e. The number of carbonyl (C=O) groups is 2. The Morgan fingerprint density at radius 1 is 1.03 bits per heavy atom. The summed E-state index contributed by atoms with van der Waals surface area (Å²) in [5.74, 6) is -0.918. The molecular weight excluding hydrogens is 430 g/mol. The van der Waals surface area contributed by atoms with Gasteiger partial charge in [0.2, 0.25) is 0 Å². The average molecular weight is 454 g/mol. The van der Waals surface area contributed by atoms with Gasteiger partial charge in [-0.25, -0.2) is 4.79 Å². The Balaban J connectivity index is 1.83. The summed E-state index contributed by atoms with van der Waals surface area (Å²) in [4.78, 5) is 26.5. The van der Waals surface area contributed by atoms with Gasteiger partial charge in [-0.3, -0.25) is 4.79 Å². The highest BCUT2D eigenvalue weighted by atomic mass is 35.5. The summed E-state index contributed by atoms with van der Waals surface area (Å²) in [6, 6.07) is 21.1. The quantitative estimate of drug-likeness (QED) is 0.481. The minimum atomic E-state index is -1.15. The maximum atomic E-state index is 13.2. The van der Waals surface area contributed by atoms with Crippen LogP contribution >= 0.6 is 11.6 Å².